The number of rotatable bonds is 4. The smallest absolute Gasteiger partial charge is 0.119 e. The third-order valence-corrected chi connectivity index (χ3v) is 4.37. The summed E-state index contributed by atoms with van der Waals surface area (Å²) in [5, 5.41) is 4.59. The van der Waals surface area contributed by atoms with Gasteiger partial charge in [0.15, 0.2) is 0 Å². The van der Waals surface area contributed by atoms with E-state index in [0.29, 0.717) is 10.0 Å². The van der Waals surface area contributed by atoms with Crippen LogP contribution >= 0.6 is 39.1 Å². The fourth-order valence-electron chi connectivity index (χ4n) is 2.08. The molecule has 0 radical (unpaired) electrons. The predicted molar refractivity (Wildman–Crippen MR) is 88.1 cm³/mol. The molecule has 0 aliphatic carbocycles. The minimum Gasteiger partial charge on any atom is -0.497 e. The number of hydrogen-bond donors (Lipinski definition) is 1. The SMILES string of the molecule is CNC(c1cc(Cl)ccc1Cl)c1cc(OC)ccc1Br. The summed E-state index contributed by atoms with van der Waals surface area (Å²) in [4.78, 5) is 0. The first-order valence-corrected chi connectivity index (χ1v) is 7.57. The van der Waals surface area contributed by atoms with Crippen LogP contribution in [-0.4, -0.2) is 14.2 Å². The molecule has 0 heterocycles. The summed E-state index contributed by atoms with van der Waals surface area (Å²) in [5.41, 5.74) is 1.96. The third-order valence-electron chi connectivity index (χ3n) is 3.07. The monoisotopic (exact) mass is 373 g/mol. The second-order valence-electron chi connectivity index (χ2n) is 4.27. The fourth-order valence-corrected chi connectivity index (χ4v) is 2.97. The van der Waals surface area contributed by atoms with Crippen LogP contribution in [-0.2, 0) is 0 Å². The van der Waals surface area contributed by atoms with Crippen molar-refractivity contribution in [2.75, 3.05) is 14.2 Å². The van der Waals surface area contributed by atoms with Crippen molar-refractivity contribution in [2.24, 2.45) is 0 Å². The Morgan fingerprint density at radius 1 is 1.10 bits per heavy atom. The van der Waals surface area contributed by atoms with Crippen molar-refractivity contribution in [1.82, 2.24) is 5.32 Å². The average Bonchev–Trinajstić information content (AvgIpc) is 2.45. The van der Waals surface area contributed by atoms with E-state index in [9.17, 15) is 0 Å². The first-order valence-electron chi connectivity index (χ1n) is 6.02. The van der Waals surface area contributed by atoms with Crippen molar-refractivity contribution in [1.29, 1.82) is 0 Å². The van der Waals surface area contributed by atoms with Crippen molar-refractivity contribution in [3.63, 3.8) is 0 Å². The van der Waals surface area contributed by atoms with Crippen molar-refractivity contribution in [2.45, 2.75) is 6.04 Å². The van der Waals surface area contributed by atoms with E-state index in [1.165, 1.54) is 0 Å². The van der Waals surface area contributed by atoms with Gasteiger partial charge < -0.3 is 10.1 Å². The van der Waals surface area contributed by atoms with Gasteiger partial charge in [-0.05, 0) is 54.6 Å². The Bertz CT molecular complexity index is 619. The van der Waals surface area contributed by atoms with Crippen LogP contribution in [0.1, 0.15) is 17.2 Å². The molecule has 106 valence electrons. The van der Waals surface area contributed by atoms with E-state index in [1.54, 1.807) is 19.2 Å². The van der Waals surface area contributed by atoms with Gasteiger partial charge in [-0.1, -0.05) is 39.1 Å². The lowest BCUT2D eigenvalue weighted by atomic mass is 9.98. The van der Waals surface area contributed by atoms with Crippen LogP contribution in [0.5, 0.6) is 5.75 Å². The number of ether oxygens (including phenoxy) is 1. The first kappa shape index (κ1) is 15.6. The summed E-state index contributed by atoms with van der Waals surface area (Å²) in [6.07, 6.45) is 0. The lowest BCUT2D eigenvalue weighted by molar-refractivity contribution is 0.413. The van der Waals surface area contributed by atoms with Crippen LogP contribution in [0, 0.1) is 0 Å². The normalized spacial score (nSPS) is 12.2. The van der Waals surface area contributed by atoms with Gasteiger partial charge in [-0.3, -0.25) is 0 Å². The average molecular weight is 375 g/mol. The van der Waals surface area contributed by atoms with Gasteiger partial charge in [-0.25, -0.2) is 0 Å². The quantitative estimate of drug-likeness (QED) is 0.806. The van der Waals surface area contributed by atoms with Gasteiger partial charge in [0.2, 0.25) is 0 Å². The van der Waals surface area contributed by atoms with Crippen molar-refractivity contribution < 1.29 is 4.74 Å². The van der Waals surface area contributed by atoms with Crippen LogP contribution in [0.4, 0.5) is 0 Å². The van der Waals surface area contributed by atoms with Crippen LogP contribution in [0.2, 0.25) is 10.0 Å². The molecule has 20 heavy (non-hydrogen) atoms. The third kappa shape index (κ3) is 3.29. The summed E-state index contributed by atoms with van der Waals surface area (Å²) >= 11 is 16.0. The molecule has 0 aliphatic rings. The predicted octanol–water partition coefficient (Wildman–Crippen LogP) is 5.07. The van der Waals surface area contributed by atoms with Gasteiger partial charge in [0.25, 0.3) is 0 Å². The zero-order valence-electron chi connectivity index (χ0n) is 11.1. The van der Waals surface area contributed by atoms with E-state index in [4.69, 9.17) is 27.9 Å². The van der Waals surface area contributed by atoms with Crippen molar-refractivity contribution in [3.8, 4) is 5.75 Å². The van der Waals surface area contributed by atoms with Crippen molar-refractivity contribution >= 4 is 39.1 Å². The summed E-state index contributed by atoms with van der Waals surface area (Å²) in [6.45, 7) is 0. The highest BCUT2D eigenvalue weighted by molar-refractivity contribution is 9.10. The van der Waals surface area contributed by atoms with E-state index in [0.717, 1.165) is 21.3 Å². The highest BCUT2D eigenvalue weighted by Crippen LogP contribution is 2.35. The molecule has 2 nitrogen and oxygen atoms in total. The lowest BCUT2D eigenvalue weighted by Gasteiger charge is -2.21. The topological polar surface area (TPSA) is 21.3 Å². The summed E-state index contributed by atoms with van der Waals surface area (Å²) in [5.74, 6) is 0.793. The van der Waals surface area contributed by atoms with Gasteiger partial charge in [0.05, 0.1) is 13.2 Å². The molecule has 1 atom stereocenters. The standard InChI is InChI=1S/C15H14BrCl2NO/c1-19-15(12-7-9(17)3-6-14(12)18)11-8-10(20-2)4-5-13(11)16/h3-8,15,19H,1-2H3. The molecule has 2 aromatic carbocycles. The largest absolute Gasteiger partial charge is 0.497 e. The zero-order valence-corrected chi connectivity index (χ0v) is 14.2. The molecular weight excluding hydrogens is 361 g/mol. The Hall–Kier alpha value is -0.740. The maximum atomic E-state index is 6.30. The summed E-state index contributed by atoms with van der Waals surface area (Å²) < 4.78 is 6.27. The van der Waals surface area contributed by atoms with Gasteiger partial charge in [-0.2, -0.15) is 0 Å². The maximum Gasteiger partial charge on any atom is 0.119 e. The molecule has 2 rings (SSSR count). The molecule has 1 N–H and O–H groups in total. The van der Waals surface area contributed by atoms with Gasteiger partial charge in [0, 0.05) is 14.5 Å². The molecule has 0 saturated heterocycles. The van der Waals surface area contributed by atoms with E-state index in [1.807, 2.05) is 31.3 Å². The molecule has 0 bridgehead atoms. The maximum absolute atomic E-state index is 6.30. The first-order chi connectivity index (χ1) is 9.56. The van der Waals surface area contributed by atoms with Crippen LogP contribution in [0.15, 0.2) is 40.9 Å². The Kier molecular flexibility index (Phi) is 5.33. The summed E-state index contributed by atoms with van der Waals surface area (Å²) in [6, 6.07) is 11.2. The Labute approximate surface area is 137 Å². The molecule has 0 aromatic heterocycles. The van der Waals surface area contributed by atoms with Crippen LogP contribution in [0.25, 0.3) is 0 Å². The van der Waals surface area contributed by atoms with E-state index < -0.39 is 0 Å². The molecule has 5 heteroatoms. The Balaban J connectivity index is 2.54. The number of benzene rings is 2. The zero-order chi connectivity index (χ0) is 14.7. The van der Waals surface area contributed by atoms with Crippen LogP contribution < -0.4 is 10.1 Å². The second-order valence-corrected chi connectivity index (χ2v) is 5.97. The molecule has 0 spiro atoms. The minimum atomic E-state index is -0.0781. The highest BCUT2D eigenvalue weighted by atomic mass is 79.9. The Morgan fingerprint density at radius 3 is 2.50 bits per heavy atom. The molecule has 1 unspecified atom stereocenters. The van der Waals surface area contributed by atoms with Crippen molar-refractivity contribution in [3.05, 3.63) is 62.0 Å². The van der Waals surface area contributed by atoms with Gasteiger partial charge in [0.1, 0.15) is 5.75 Å². The molecular formula is C15H14BrCl2NO. The molecule has 0 amide bonds. The van der Waals surface area contributed by atoms with Crippen LogP contribution in [0.3, 0.4) is 0 Å². The summed E-state index contributed by atoms with van der Waals surface area (Å²) in [7, 11) is 3.53. The Morgan fingerprint density at radius 2 is 1.85 bits per heavy atom. The van der Waals surface area contributed by atoms with Gasteiger partial charge >= 0.3 is 0 Å². The van der Waals surface area contributed by atoms with E-state index in [2.05, 4.69) is 21.2 Å². The van der Waals surface area contributed by atoms with E-state index >= 15 is 0 Å². The molecule has 0 fully saturated rings. The number of nitrogens with one attached hydrogen (secondary N) is 1. The second kappa shape index (κ2) is 6.81. The number of halogens is 3. The number of hydrogen-bond acceptors (Lipinski definition) is 2. The molecule has 0 aliphatic heterocycles. The van der Waals surface area contributed by atoms with E-state index in [-0.39, 0.29) is 6.04 Å². The lowest BCUT2D eigenvalue weighted by Crippen LogP contribution is -2.18. The molecule has 0 saturated carbocycles. The highest BCUT2D eigenvalue weighted by Gasteiger charge is 2.19. The fraction of sp³-hybridized carbons (Fsp3) is 0.200. The van der Waals surface area contributed by atoms with Gasteiger partial charge in [-0.15, -0.1) is 0 Å². The molecule has 2 aromatic rings. The number of methoxy groups -OCH3 is 1. The minimum absolute atomic E-state index is 0.0781.